The van der Waals surface area contributed by atoms with Crippen LogP contribution in [0.15, 0.2) is 24.3 Å². The van der Waals surface area contributed by atoms with Crippen molar-refractivity contribution < 1.29 is 29.0 Å². The maximum atomic E-state index is 12.3. The van der Waals surface area contributed by atoms with Crippen LogP contribution in [0.1, 0.15) is 49.4 Å². The van der Waals surface area contributed by atoms with Gasteiger partial charge in [0.15, 0.2) is 0 Å². The second kappa shape index (κ2) is 10.7. The van der Waals surface area contributed by atoms with Crippen molar-refractivity contribution in [2.75, 3.05) is 26.4 Å². The minimum atomic E-state index is -0.942. The molecule has 2 amide bonds. The van der Waals surface area contributed by atoms with Crippen molar-refractivity contribution in [2.45, 2.75) is 44.6 Å². The van der Waals surface area contributed by atoms with E-state index in [1.165, 1.54) is 0 Å². The Morgan fingerprint density at radius 1 is 1.21 bits per heavy atom. The lowest BCUT2D eigenvalue weighted by Gasteiger charge is -2.36. The molecule has 0 spiro atoms. The Bertz CT molecular complexity index is 685. The van der Waals surface area contributed by atoms with E-state index in [9.17, 15) is 14.4 Å². The van der Waals surface area contributed by atoms with E-state index >= 15 is 0 Å². The number of aliphatic carboxylic acids is 1. The largest absolute Gasteiger partial charge is 0.493 e. The maximum Gasteiger partial charge on any atom is 0.305 e. The number of carboxylic acids is 1. The zero-order valence-electron chi connectivity index (χ0n) is 16.2. The molecular formula is C20H28N2O6. The van der Waals surface area contributed by atoms with Gasteiger partial charge in [-0.2, -0.15) is 0 Å². The normalized spacial score (nSPS) is 15.5. The molecule has 8 nitrogen and oxygen atoms in total. The van der Waals surface area contributed by atoms with Gasteiger partial charge in [0.25, 0.3) is 5.91 Å². The van der Waals surface area contributed by atoms with Gasteiger partial charge in [0.05, 0.1) is 24.1 Å². The number of ether oxygens (including phenoxy) is 2. The molecule has 0 atom stereocenters. The molecule has 0 aromatic heterocycles. The quantitative estimate of drug-likeness (QED) is 0.523. The highest BCUT2D eigenvalue weighted by molar-refractivity contribution is 5.96. The lowest BCUT2D eigenvalue weighted by molar-refractivity contribution is -0.140. The molecule has 28 heavy (non-hydrogen) atoms. The van der Waals surface area contributed by atoms with Crippen LogP contribution in [0.2, 0.25) is 0 Å². The first kappa shape index (κ1) is 21.7. The van der Waals surface area contributed by atoms with Gasteiger partial charge in [0, 0.05) is 26.2 Å². The Kier molecular flexibility index (Phi) is 8.25. The summed E-state index contributed by atoms with van der Waals surface area (Å²) in [6.07, 6.45) is 1.50. The van der Waals surface area contributed by atoms with Crippen LogP contribution in [0.5, 0.6) is 5.75 Å². The number of carbonyl (C=O) groups is 3. The minimum absolute atomic E-state index is 0.118. The minimum Gasteiger partial charge on any atom is -0.493 e. The number of carboxylic acid groups (broad SMARTS) is 1. The number of carbonyl (C=O) groups excluding carboxylic acids is 2. The fourth-order valence-corrected chi connectivity index (χ4v) is 3.24. The predicted octanol–water partition coefficient (Wildman–Crippen LogP) is 1.74. The molecule has 2 rings (SSSR count). The van der Waals surface area contributed by atoms with E-state index in [0.29, 0.717) is 56.9 Å². The second-order valence-corrected chi connectivity index (χ2v) is 6.80. The highest BCUT2D eigenvalue weighted by atomic mass is 16.5. The van der Waals surface area contributed by atoms with Crippen molar-refractivity contribution in [3.63, 3.8) is 0 Å². The molecule has 0 unspecified atom stereocenters. The molecule has 1 aromatic rings. The second-order valence-electron chi connectivity index (χ2n) is 6.80. The summed E-state index contributed by atoms with van der Waals surface area (Å²) in [6, 6.07) is 6.99. The van der Waals surface area contributed by atoms with Crippen molar-refractivity contribution in [2.24, 2.45) is 0 Å². The monoisotopic (exact) mass is 392 g/mol. The highest BCUT2D eigenvalue weighted by Crippen LogP contribution is 2.25. The molecule has 1 heterocycles. The van der Waals surface area contributed by atoms with Gasteiger partial charge in [-0.25, -0.2) is 0 Å². The summed E-state index contributed by atoms with van der Waals surface area (Å²) >= 11 is 0. The van der Waals surface area contributed by atoms with Gasteiger partial charge in [-0.1, -0.05) is 12.1 Å². The highest BCUT2D eigenvalue weighted by Gasteiger charge is 2.36. The van der Waals surface area contributed by atoms with E-state index in [2.05, 4.69) is 10.6 Å². The summed E-state index contributed by atoms with van der Waals surface area (Å²) in [5, 5.41) is 14.8. The summed E-state index contributed by atoms with van der Waals surface area (Å²) in [7, 11) is 0. The maximum absolute atomic E-state index is 12.3. The van der Waals surface area contributed by atoms with Crippen LogP contribution < -0.4 is 15.4 Å². The fraction of sp³-hybridized carbons (Fsp3) is 0.550. The smallest absolute Gasteiger partial charge is 0.305 e. The van der Waals surface area contributed by atoms with Crippen molar-refractivity contribution in [1.82, 2.24) is 10.6 Å². The molecule has 8 heteroatoms. The predicted molar refractivity (Wildman–Crippen MR) is 102 cm³/mol. The van der Waals surface area contributed by atoms with E-state index in [4.69, 9.17) is 14.6 Å². The summed E-state index contributed by atoms with van der Waals surface area (Å²) < 4.78 is 10.7. The molecule has 1 aliphatic heterocycles. The number of para-hydroxylation sites is 1. The van der Waals surface area contributed by atoms with Crippen LogP contribution in [0, 0.1) is 0 Å². The van der Waals surface area contributed by atoms with E-state index < -0.39 is 11.5 Å². The average Bonchev–Trinajstić information content (AvgIpc) is 2.65. The third-order valence-corrected chi connectivity index (χ3v) is 4.64. The summed E-state index contributed by atoms with van der Waals surface area (Å²) in [6.45, 7) is 3.52. The zero-order chi connectivity index (χ0) is 20.4. The third kappa shape index (κ3) is 6.53. The lowest BCUT2D eigenvalue weighted by atomic mass is 9.86. The Labute approximate surface area is 164 Å². The first-order valence-electron chi connectivity index (χ1n) is 9.56. The van der Waals surface area contributed by atoms with Crippen LogP contribution in [0.4, 0.5) is 0 Å². The van der Waals surface area contributed by atoms with Gasteiger partial charge in [-0.05, 0) is 38.3 Å². The van der Waals surface area contributed by atoms with E-state index in [-0.39, 0.29) is 24.7 Å². The Morgan fingerprint density at radius 2 is 1.93 bits per heavy atom. The Balaban J connectivity index is 1.79. The lowest BCUT2D eigenvalue weighted by Crippen LogP contribution is -2.53. The van der Waals surface area contributed by atoms with Gasteiger partial charge in [-0.15, -0.1) is 0 Å². The average molecular weight is 392 g/mol. The molecule has 154 valence electrons. The first-order chi connectivity index (χ1) is 13.5. The number of benzene rings is 1. The molecule has 0 radical (unpaired) electrons. The SMILES string of the molecule is CCOc1ccccc1C(=O)NCCCC(=O)NC1(CC(=O)O)CCOCC1. The number of nitrogens with one attached hydrogen (secondary N) is 2. The standard InChI is InChI=1S/C20H28N2O6/c1-2-28-16-7-4-3-6-15(16)19(26)21-11-5-8-17(23)22-20(14-18(24)25)9-12-27-13-10-20/h3-4,6-7H,2,5,8-14H2,1H3,(H,21,26)(H,22,23)(H,24,25). The van der Waals surface area contributed by atoms with Crippen molar-refractivity contribution in [1.29, 1.82) is 0 Å². The molecule has 0 aliphatic carbocycles. The first-order valence-corrected chi connectivity index (χ1v) is 9.56. The number of rotatable bonds is 10. The van der Waals surface area contributed by atoms with Crippen LogP contribution in [0.25, 0.3) is 0 Å². The zero-order valence-corrected chi connectivity index (χ0v) is 16.2. The fourth-order valence-electron chi connectivity index (χ4n) is 3.24. The van der Waals surface area contributed by atoms with Crippen molar-refractivity contribution in [3.05, 3.63) is 29.8 Å². The van der Waals surface area contributed by atoms with Crippen LogP contribution in [-0.2, 0) is 14.3 Å². The van der Waals surface area contributed by atoms with Gasteiger partial charge in [0.1, 0.15) is 5.75 Å². The number of amides is 2. The molecule has 0 bridgehead atoms. The summed E-state index contributed by atoms with van der Waals surface area (Å²) in [5.74, 6) is -0.888. The molecule has 1 saturated heterocycles. The molecule has 1 aromatic carbocycles. The van der Waals surface area contributed by atoms with Crippen LogP contribution in [-0.4, -0.2) is 54.8 Å². The molecular weight excluding hydrogens is 364 g/mol. The molecule has 1 fully saturated rings. The number of hydrogen-bond donors (Lipinski definition) is 3. The topological polar surface area (TPSA) is 114 Å². The molecule has 3 N–H and O–H groups in total. The van der Waals surface area contributed by atoms with Gasteiger partial charge < -0.3 is 25.2 Å². The van der Waals surface area contributed by atoms with Gasteiger partial charge in [0.2, 0.25) is 5.91 Å². The Morgan fingerprint density at radius 3 is 2.61 bits per heavy atom. The Hall–Kier alpha value is -2.61. The van der Waals surface area contributed by atoms with E-state index in [0.717, 1.165) is 0 Å². The summed E-state index contributed by atoms with van der Waals surface area (Å²) in [4.78, 5) is 35.7. The molecule has 0 saturated carbocycles. The van der Waals surface area contributed by atoms with Crippen LogP contribution in [0.3, 0.4) is 0 Å². The van der Waals surface area contributed by atoms with E-state index in [1.807, 2.05) is 6.92 Å². The van der Waals surface area contributed by atoms with Gasteiger partial charge >= 0.3 is 5.97 Å². The molecule has 1 aliphatic rings. The van der Waals surface area contributed by atoms with E-state index in [1.54, 1.807) is 24.3 Å². The van der Waals surface area contributed by atoms with Crippen LogP contribution >= 0.6 is 0 Å². The third-order valence-electron chi connectivity index (χ3n) is 4.64. The summed E-state index contributed by atoms with van der Waals surface area (Å²) in [5.41, 5.74) is -0.294. The van der Waals surface area contributed by atoms with Crippen molar-refractivity contribution >= 4 is 17.8 Å². The van der Waals surface area contributed by atoms with Crippen molar-refractivity contribution in [3.8, 4) is 5.75 Å². The number of hydrogen-bond acceptors (Lipinski definition) is 5. The van der Waals surface area contributed by atoms with Gasteiger partial charge in [-0.3, -0.25) is 14.4 Å².